The molecule has 3 heterocycles. The van der Waals surface area contributed by atoms with E-state index in [9.17, 15) is 14.4 Å². The van der Waals surface area contributed by atoms with Gasteiger partial charge in [-0.2, -0.15) is 0 Å². The third kappa shape index (κ3) is 6.26. The number of nitrogens with zero attached hydrogens (tertiary/aromatic N) is 3. The van der Waals surface area contributed by atoms with E-state index < -0.39 is 29.7 Å². The van der Waals surface area contributed by atoms with E-state index in [0.717, 1.165) is 43.3 Å². The van der Waals surface area contributed by atoms with E-state index in [4.69, 9.17) is 24.2 Å². The molecule has 6 atom stereocenters. The van der Waals surface area contributed by atoms with Crippen molar-refractivity contribution in [3.63, 3.8) is 0 Å². The number of rotatable bonds is 2. The maximum absolute atomic E-state index is 14.0. The highest BCUT2D eigenvalue weighted by atomic mass is 16.6. The third-order valence-corrected chi connectivity index (χ3v) is 8.65. The number of hydrogen-bond donors (Lipinski definition) is 1. The van der Waals surface area contributed by atoms with Crippen LogP contribution in [0.1, 0.15) is 72.4 Å². The predicted molar refractivity (Wildman–Crippen MR) is 153 cm³/mol. The lowest BCUT2D eigenvalue weighted by molar-refractivity contribution is -0.141. The molecule has 3 aliphatic rings. The van der Waals surface area contributed by atoms with Crippen LogP contribution in [0.25, 0.3) is 11.0 Å². The standard InChI is InChI=1S/C31H42N4O6/c1-17-25-16-35(26(17)18(2)36)29(37)27(31(3,4)5)34-30(38)41-24-14-19(24)10-8-7-9-11-22-28(40-25)33-23-15-20(39-6)12-13-21(23)32-22/h12-13,15,17,19,24-27H,7-11,14,16H2,1-6H3,(H,34,38)/t17-,19-,24-,25+,26+,27-/m1/s1. The number of ether oxygens (including phenoxy) is 3. The minimum atomic E-state index is -0.873. The number of carbonyl (C=O) groups is 3. The maximum Gasteiger partial charge on any atom is 0.408 e. The number of benzene rings is 1. The molecule has 2 amide bonds. The summed E-state index contributed by atoms with van der Waals surface area (Å²) in [6.45, 7) is 9.28. The summed E-state index contributed by atoms with van der Waals surface area (Å²) < 4.78 is 17.6. The molecule has 41 heavy (non-hydrogen) atoms. The topological polar surface area (TPSA) is 120 Å². The zero-order chi connectivity index (χ0) is 29.5. The largest absolute Gasteiger partial charge is 0.497 e. The van der Waals surface area contributed by atoms with Crippen molar-refractivity contribution in [1.82, 2.24) is 20.2 Å². The fraction of sp³-hybridized carbons (Fsp3) is 0.645. The Morgan fingerprint density at radius 1 is 1.07 bits per heavy atom. The second kappa shape index (κ2) is 11.4. The molecule has 222 valence electrons. The average Bonchev–Trinajstić information content (AvgIpc) is 3.56. The summed E-state index contributed by atoms with van der Waals surface area (Å²) in [6, 6.07) is 4.02. The van der Waals surface area contributed by atoms with Gasteiger partial charge in [0.25, 0.3) is 0 Å². The van der Waals surface area contributed by atoms with E-state index in [1.165, 1.54) is 6.92 Å². The van der Waals surface area contributed by atoms with E-state index in [1.54, 1.807) is 12.0 Å². The highest BCUT2D eigenvalue weighted by molar-refractivity contribution is 5.92. The highest BCUT2D eigenvalue weighted by Crippen LogP contribution is 2.39. The van der Waals surface area contributed by atoms with Crippen LogP contribution in [0, 0.1) is 17.3 Å². The number of fused-ring (bicyclic) bond motifs is 5. The fourth-order valence-corrected chi connectivity index (χ4v) is 6.15. The first-order chi connectivity index (χ1) is 19.5. The molecule has 1 aromatic carbocycles. The molecule has 1 saturated carbocycles. The number of Topliss-reactive ketones (excluding diaryl/α,β-unsaturated/α-hetero) is 1. The van der Waals surface area contributed by atoms with Gasteiger partial charge in [0, 0.05) is 12.0 Å². The molecule has 10 heteroatoms. The van der Waals surface area contributed by atoms with Gasteiger partial charge >= 0.3 is 6.09 Å². The van der Waals surface area contributed by atoms with Crippen LogP contribution in [0.3, 0.4) is 0 Å². The van der Waals surface area contributed by atoms with Gasteiger partial charge in [-0.1, -0.05) is 40.5 Å². The second-order valence-corrected chi connectivity index (χ2v) is 12.9. The molecule has 2 aromatic rings. The number of nitrogens with one attached hydrogen (secondary N) is 1. The smallest absolute Gasteiger partial charge is 0.408 e. The summed E-state index contributed by atoms with van der Waals surface area (Å²) in [7, 11) is 1.61. The summed E-state index contributed by atoms with van der Waals surface area (Å²) in [5, 5.41) is 2.83. The quantitative estimate of drug-likeness (QED) is 0.566. The van der Waals surface area contributed by atoms with Crippen molar-refractivity contribution in [2.75, 3.05) is 13.7 Å². The van der Waals surface area contributed by atoms with E-state index in [1.807, 2.05) is 45.9 Å². The number of aromatic nitrogens is 2. The van der Waals surface area contributed by atoms with E-state index >= 15 is 0 Å². The van der Waals surface area contributed by atoms with Gasteiger partial charge in [0.1, 0.15) is 29.7 Å². The number of carbonyl (C=O) groups excluding carboxylic acids is 3. The van der Waals surface area contributed by atoms with Crippen molar-refractivity contribution in [2.24, 2.45) is 17.3 Å². The molecule has 10 nitrogen and oxygen atoms in total. The van der Waals surface area contributed by atoms with Gasteiger partial charge in [0.2, 0.25) is 11.8 Å². The Hall–Kier alpha value is -3.43. The first kappa shape index (κ1) is 29.1. The second-order valence-electron chi connectivity index (χ2n) is 12.9. The fourth-order valence-electron chi connectivity index (χ4n) is 6.15. The molecule has 1 aliphatic carbocycles. The van der Waals surface area contributed by atoms with Crippen LogP contribution in [0.4, 0.5) is 4.79 Å². The Bertz CT molecular complexity index is 1320. The molecule has 0 spiro atoms. The summed E-state index contributed by atoms with van der Waals surface area (Å²) in [4.78, 5) is 51.2. The number of hydrogen-bond acceptors (Lipinski definition) is 8. The van der Waals surface area contributed by atoms with Crippen LogP contribution in [0.5, 0.6) is 11.6 Å². The summed E-state index contributed by atoms with van der Waals surface area (Å²) >= 11 is 0. The molecule has 5 rings (SSSR count). The number of alkyl carbamates (subject to hydrolysis) is 1. The van der Waals surface area contributed by atoms with Gasteiger partial charge in [0.15, 0.2) is 5.78 Å². The molecule has 2 bridgehead atoms. The minimum Gasteiger partial charge on any atom is -0.497 e. The van der Waals surface area contributed by atoms with Crippen LogP contribution in [0.2, 0.25) is 0 Å². The normalized spacial score (nSPS) is 29.3. The van der Waals surface area contributed by atoms with Crippen LogP contribution in [-0.2, 0) is 20.7 Å². The molecular formula is C31H42N4O6. The van der Waals surface area contributed by atoms with Crippen molar-refractivity contribution < 1.29 is 28.6 Å². The Morgan fingerprint density at radius 3 is 2.56 bits per heavy atom. The molecule has 1 aromatic heterocycles. The van der Waals surface area contributed by atoms with Gasteiger partial charge in [-0.3, -0.25) is 9.59 Å². The molecule has 2 aliphatic heterocycles. The molecule has 0 unspecified atom stereocenters. The number of amides is 2. The number of methoxy groups -OCH3 is 1. The van der Waals surface area contributed by atoms with Gasteiger partial charge in [-0.25, -0.2) is 14.8 Å². The van der Waals surface area contributed by atoms with Gasteiger partial charge < -0.3 is 24.4 Å². The molecule has 2 fully saturated rings. The lowest BCUT2D eigenvalue weighted by Gasteiger charge is -2.35. The average molecular weight is 567 g/mol. The van der Waals surface area contributed by atoms with Crippen LogP contribution >= 0.6 is 0 Å². The zero-order valence-electron chi connectivity index (χ0n) is 24.9. The number of aryl methyl sites for hydroxylation is 1. The first-order valence-corrected chi connectivity index (χ1v) is 14.8. The third-order valence-electron chi connectivity index (χ3n) is 8.65. The predicted octanol–water partition coefficient (Wildman–Crippen LogP) is 4.47. The van der Waals surface area contributed by atoms with Crippen LogP contribution in [-0.4, -0.2) is 70.6 Å². The molecular weight excluding hydrogens is 524 g/mol. The van der Waals surface area contributed by atoms with E-state index in [-0.39, 0.29) is 30.3 Å². The van der Waals surface area contributed by atoms with E-state index in [2.05, 4.69) is 5.32 Å². The Labute approximate surface area is 241 Å². The molecule has 1 N–H and O–H groups in total. The van der Waals surface area contributed by atoms with Crippen molar-refractivity contribution in [3.05, 3.63) is 23.9 Å². The molecule has 0 radical (unpaired) electrons. The zero-order valence-corrected chi connectivity index (χ0v) is 24.9. The summed E-state index contributed by atoms with van der Waals surface area (Å²) in [5.41, 5.74) is 1.57. The lowest BCUT2D eigenvalue weighted by Crippen LogP contribution is -2.57. The SMILES string of the molecule is COc1ccc2nc3c(nc2c1)O[C@H]1CN(C(=O)[C@H](C(C)(C)C)NC(=O)O[C@@H]2C[C@H]2CCCCC3)[C@H](C(C)=O)[C@@H]1C. The Balaban J connectivity index is 1.51. The molecule has 1 saturated heterocycles. The van der Waals surface area contributed by atoms with Crippen LogP contribution < -0.4 is 14.8 Å². The Morgan fingerprint density at radius 2 is 1.85 bits per heavy atom. The van der Waals surface area contributed by atoms with Gasteiger partial charge in [-0.15, -0.1) is 0 Å². The first-order valence-electron chi connectivity index (χ1n) is 14.8. The summed E-state index contributed by atoms with van der Waals surface area (Å²) in [5.74, 6) is 0.696. The van der Waals surface area contributed by atoms with Gasteiger partial charge in [-0.05, 0) is 56.1 Å². The Kier molecular flexibility index (Phi) is 8.12. The minimum absolute atomic E-state index is 0.117. The van der Waals surface area contributed by atoms with E-state index in [0.29, 0.717) is 29.5 Å². The van der Waals surface area contributed by atoms with Crippen LogP contribution in [0.15, 0.2) is 18.2 Å². The monoisotopic (exact) mass is 566 g/mol. The maximum atomic E-state index is 14.0. The van der Waals surface area contributed by atoms with Crippen molar-refractivity contribution >= 4 is 28.8 Å². The van der Waals surface area contributed by atoms with Crippen molar-refractivity contribution in [1.29, 1.82) is 0 Å². The van der Waals surface area contributed by atoms with Gasteiger partial charge in [0.05, 0.1) is 30.7 Å². The highest BCUT2D eigenvalue weighted by Gasteiger charge is 2.49. The summed E-state index contributed by atoms with van der Waals surface area (Å²) in [6.07, 6.45) is 4.30. The van der Waals surface area contributed by atoms with Crippen molar-refractivity contribution in [2.45, 2.75) is 97.4 Å². The van der Waals surface area contributed by atoms with Crippen molar-refractivity contribution in [3.8, 4) is 11.6 Å². The number of ketones is 1. The lowest BCUT2D eigenvalue weighted by atomic mass is 9.85.